The zero-order valence-corrected chi connectivity index (χ0v) is 10.5. The quantitative estimate of drug-likeness (QED) is 0.807. The lowest BCUT2D eigenvalue weighted by atomic mass is 10.1. The normalized spacial score (nSPS) is 21.7. The van der Waals surface area contributed by atoms with E-state index in [-0.39, 0.29) is 6.04 Å². The van der Waals surface area contributed by atoms with Gasteiger partial charge < -0.3 is 15.2 Å². The van der Waals surface area contributed by atoms with E-state index in [2.05, 4.69) is 17.3 Å². The molecule has 5 nitrogen and oxygen atoms in total. The average molecular weight is 239 g/mol. The maximum atomic E-state index is 10.4. The lowest BCUT2D eigenvalue weighted by Crippen LogP contribution is -2.30. The van der Waals surface area contributed by atoms with Crippen molar-refractivity contribution >= 4 is 0 Å². The number of aromatic nitrogens is 2. The molecule has 1 aromatic rings. The van der Waals surface area contributed by atoms with Crippen LogP contribution in [0.15, 0.2) is 6.20 Å². The summed E-state index contributed by atoms with van der Waals surface area (Å²) in [6, 6.07) is 0.121. The zero-order valence-electron chi connectivity index (χ0n) is 10.5. The molecule has 1 aliphatic heterocycles. The van der Waals surface area contributed by atoms with Crippen LogP contribution in [-0.2, 0) is 6.54 Å². The minimum Gasteiger partial charge on any atom is -0.493 e. The van der Waals surface area contributed by atoms with Crippen molar-refractivity contribution in [2.75, 3.05) is 13.7 Å². The van der Waals surface area contributed by atoms with Gasteiger partial charge in [0.15, 0.2) is 5.75 Å². The third-order valence-corrected chi connectivity index (χ3v) is 3.26. The molecule has 0 bridgehead atoms. The lowest BCUT2D eigenvalue weighted by Gasteiger charge is -2.20. The molecule has 0 saturated carbocycles. The monoisotopic (exact) mass is 239 g/mol. The van der Waals surface area contributed by atoms with Gasteiger partial charge in [-0.1, -0.05) is 6.92 Å². The van der Waals surface area contributed by atoms with Gasteiger partial charge in [0.25, 0.3) is 0 Å². The van der Waals surface area contributed by atoms with Crippen molar-refractivity contribution in [1.82, 2.24) is 15.1 Å². The highest BCUT2D eigenvalue weighted by atomic mass is 16.5. The number of nitrogens with one attached hydrogen (secondary N) is 1. The molecule has 0 spiro atoms. The summed E-state index contributed by atoms with van der Waals surface area (Å²) in [4.78, 5) is 0. The molecular formula is C12H21N3O2. The van der Waals surface area contributed by atoms with E-state index in [1.165, 1.54) is 0 Å². The minimum atomic E-state index is -0.540. The molecule has 1 fully saturated rings. The van der Waals surface area contributed by atoms with Crippen LogP contribution >= 0.6 is 0 Å². The van der Waals surface area contributed by atoms with Gasteiger partial charge in [0.2, 0.25) is 0 Å². The second kappa shape index (κ2) is 5.51. The molecule has 17 heavy (non-hydrogen) atoms. The lowest BCUT2D eigenvalue weighted by molar-refractivity contribution is 0.124. The van der Waals surface area contributed by atoms with Crippen molar-refractivity contribution in [3.8, 4) is 5.75 Å². The molecule has 1 aliphatic rings. The minimum absolute atomic E-state index is 0.121. The predicted molar refractivity (Wildman–Crippen MR) is 65.1 cm³/mol. The summed E-state index contributed by atoms with van der Waals surface area (Å²) in [6.07, 6.45) is 4.25. The van der Waals surface area contributed by atoms with E-state index in [4.69, 9.17) is 4.74 Å². The molecule has 2 atom stereocenters. The van der Waals surface area contributed by atoms with Gasteiger partial charge in [-0.25, -0.2) is 0 Å². The first-order valence-corrected chi connectivity index (χ1v) is 6.29. The Morgan fingerprint density at radius 2 is 2.53 bits per heavy atom. The molecule has 1 aromatic heterocycles. The predicted octanol–water partition coefficient (Wildman–Crippen LogP) is 1.09. The van der Waals surface area contributed by atoms with Crippen LogP contribution < -0.4 is 10.1 Å². The van der Waals surface area contributed by atoms with Gasteiger partial charge in [-0.05, 0) is 25.8 Å². The molecule has 5 heteroatoms. The summed E-state index contributed by atoms with van der Waals surface area (Å²) in [5.41, 5.74) is 0.800. The second-order valence-electron chi connectivity index (χ2n) is 4.47. The third kappa shape index (κ3) is 2.45. The van der Waals surface area contributed by atoms with Gasteiger partial charge in [-0.3, -0.25) is 4.68 Å². The van der Waals surface area contributed by atoms with Gasteiger partial charge in [0.05, 0.1) is 13.3 Å². The summed E-state index contributed by atoms with van der Waals surface area (Å²) in [5, 5.41) is 18.0. The highest BCUT2D eigenvalue weighted by molar-refractivity contribution is 5.28. The van der Waals surface area contributed by atoms with Crippen LogP contribution in [0.25, 0.3) is 0 Å². The molecule has 2 rings (SSSR count). The Labute approximate surface area is 102 Å². The Kier molecular flexibility index (Phi) is 4.02. The number of aliphatic hydroxyl groups is 1. The summed E-state index contributed by atoms with van der Waals surface area (Å²) in [7, 11) is 1.62. The van der Waals surface area contributed by atoms with Crippen molar-refractivity contribution in [2.24, 2.45) is 0 Å². The van der Waals surface area contributed by atoms with Gasteiger partial charge in [0, 0.05) is 12.6 Å². The van der Waals surface area contributed by atoms with Crippen molar-refractivity contribution in [2.45, 2.75) is 44.9 Å². The van der Waals surface area contributed by atoms with Crippen LogP contribution in [0.4, 0.5) is 0 Å². The van der Waals surface area contributed by atoms with Crippen LogP contribution in [0.5, 0.6) is 5.75 Å². The molecule has 2 unspecified atom stereocenters. The van der Waals surface area contributed by atoms with E-state index >= 15 is 0 Å². The number of aryl methyl sites for hydroxylation is 1. The van der Waals surface area contributed by atoms with E-state index in [1.54, 1.807) is 13.3 Å². The van der Waals surface area contributed by atoms with Gasteiger partial charge in [-0.2, -0.15) is 5.10 Å². The van der Waals surface area contributed by atoms with Crippen LogP contribution in [0, 0.1) is 0 Å². The molecule has 0 aliphatic carbocycles. The summed E-state index contributed by atoms with van der Waals surface area (Å²) >= 11 is 0. The summed E-state index contributed by atoms with van der Waals surface area (Å²) in [6.45, 7) is 3.88. The maximum absolute atomic E-state index is 10.4. The van der Waals surface area contributed by atoms with E-state index in [0.29, 0.717) is 5.75 Å². The fourth-order valence-electron chi connectivity index (χ4n) is 2.39. The number of nitrogens with zero attached hydrogens (tertiary/aromatic N) is 2. The van der Waals surface area contributed by atoms with Crippen LogP contribution in [0.3, 0.4) is 0 Å². The SMILES string of the molecule is CCCn1ncc(OC)c1C(O)C1CCCN1. The van der Waals surface area contributed by atoms with E-state index in [9.17, 15) is 5.11 Å². The standard InChI is InChI=1S/C12H21N3O2/c1-3-7-15-11(10(17-2)8-14-15)12(16)9-5-4-6-13-9/h8-9,12-13,16H,3-7H2,1-2H3. The van der Waals surface area contributed by atoms with Crippen molar-refractivity contribution in [1.29, 1.82) is 0 Å². The van der Waals surface area contributed by atoms with E-state index in [1.807, 2.05) is 4.68 Å². The number of methoxy groups -OCH3 is 1. The Bertz CT molecular complexity index is 359. The highest BCUT2D eigenvalue weighted by Gasteiger charge is 2.29. The van der Waals surface area contributed by atoms with Crippen molar-refractivity contribution < 1.29 is 9.84 Å². The van der Waals surface area contributed by atoms with Gasteiger partial charge >= 0.3 is 0 Å². The number of hydrogen-bond acceptors (Lipinski definition) is 4. The Morgan fingerprint density at radius 3 is 3.12 bits per heavy atom. The fourth-order valence-corrected chi connectivity index (χ4v) is 2.39. The number of hydrogen-bond donors (Lipinski definition) is 2. The Morgan fingerprint density at radius 1 is 1.71 bits per heavy atom. The molecule has 0 radical (unpaired) electrons. The second-order valence-corrected chi connectivity index (χ2v) is 4.47. The number of aliphatic hydroxyl groups excluding tert-OH is 1. The van der Waals surface area contributed by atoms with Crippen molar-refractivity contribution in [3.63, 3.8) is 0 Å². The first-order valence-electron chi connectivity index (χ1n) is 6.29. The van der Waals surface area contributed by atoms with Crippen LogP contribution in [0.1, 0.15) is 38.0 Å². The zero-order chi connectivity index (χ0) is 12.3. The van der Waals surface area contributed by atoms with E-state index in [0.717, 1.165) is 38.0 Å². The largest absolute Gasteiger partial charge is 0.493 e. The molecule has 0 aromatic carbocycles. The number of rotatable bonds is 5. The van der Waals surface area contributed by atoms with Gasteiger partial charge in [0.1, 0.15) is 11.8 Å². The molecular weight excluding hydrogens is 218 g/mol. The average Bonchev–Trinajstić information content (AvgIpc) is 2.97. The summed E-state index contributed by atoms with van der Waals surface area (Å²) < 4.78 is 7.13. The van der Waals surface area contributed by atoms with Crippen LogP contribution in [-0.4, -0.2) is 34.6 Å². The fraction of sp³-hybridized carbons (Fsp3) is 0.750. The highest BCUT2D eigenvalue weighted by Crippen LogP contribution is 2.30. The number of ether oxygens (including phenoxy) is 1. The molecule has 96 valence electrons. The summed E-state index contributed by atoms with van der Waals surface area (Å²) in [5.74, 6) is 0.680. The maximum Gasteiger partial charge on any atom is 0.162 e. The first kappa shape index (κ1) is 12.4. The third-order valence-electron chi connectivity index (χ3n) is 3.26. The molecule has 2 heterocycles. The van der Waals surface area contributed by atoms with Crippen LogP contribution in [0.2, 0.25) is 0 Å². The Hall–Kier alpha value is -1.07. The Balaban J connectivity index is 2.23. The molecule has 0 amide bonds. The smallest absolute Gasteiger partial charge is 0.162 e. The van der Waals surface area contributed by atoms with Crippen molar-refractivity contribution in [3.05, 3.63) is 11.9 Å². The molecule has 1 saturated heterocycles. The topological polar surface area (TPSA) is 59.3 Å². The van der Waals surface area contributed by atoms with E-state index < -0.39 is 6.10 Å². The molecule has 2 N–H and O–H groups in total. The first-order chi connectivity index (χ1) is 8.27. The van der Waals surface area contributed by atoms with Gasteiger partial charge in [-0.15, -0.1) is 0 Å².